The summed E-state index contributed by atoms with van der Waals surface area (Å²) >= 11 is 0. The summed E-state index contributed by atoms with van der Waals surface area (Å²) in [5.74, 6) is -0.0355. The lowest BCUT2D eigenvalue weighted by atomic mass is 9.95. The second-order valence-electron chi connectivity index (χ2n) is 7.97. The third-order valence-electron chi connectivity index (χ3n) is 6.21. The number of likely N-dealkylation sites (N-methyl/N-ethyl adjacent to an activating group) is 1. The molecular weight excluding hydrogens is 374 g/mol. The van der Waals surface area contributed by atoms with E-state index in [0.717, 1.165) is 47.5 Å². The van der Waals surface area contributed by atoms with Crippen LogP contribution in [0, 0.1) is 34.6 Å². The van der Waals surface area contributed by atoms with Crippen LogP contribution in [0.25, 0.3) is 0 Å². The molecule has 1 fully saturated rings. The molecule has 0 radical (unpaired) electrons. The molecule has 1 saturated heterocycles. The van der Waals surface area contributed by atoms with Crippen molar-refractivity contribution in [3.8, 4) is 0 Å². The van der Waals surface area contributed by atoms with Gasteiger partial charge in [0.15, 0.2) is 0 Å². The molecular formula is C21H35N3O3S. The maximum Gasteiger partial charge on any atom is 0.241 e. The first kappa shape index (κ1) is 22.8. The van der Waals surface area contributed by atoms with E-state index in [0.29, 0.717) is 11.4 Å². The fourth-order valence-electron chi connectivity index (χ4n) is 3.85. The van der Waals surface area contributed by atoms with Crippen molar-refractivity contribution in [2.45, 2.75) is 58.8 Å². The van der Waals surface area contributed by atoms with E-state index in [1.54, 1.807) is 11.9 Å². The van der Waals surface area contributed by atoms with Crippen molar-refractivity contribution in [2.75, 3.05) is 39.8 Å². The van der Waals surface area contributed by atoms with Gasteiger partial charge >= 0.3 is 0 Å². The van der Waals surface area contributed by atoms with Crippen LogP contribution in [0.2, 0.25) is 0 Å². The van der Waals surface area contributed by atoms with Crippen LogP contribution in [-0.4, -0.2) is 63.9 Å². The van der Waals surface area contributed by atoms with Gasteiger partial charge < -0.3 is 9.80 Å². The molecule has 0 unspecified atom stereocenters. The van der Waals surface area contributed by atoms with Crippen LogP contribution >= 0.6 is 0 Å². The van der Waals surface area contributed by atoms with Gasteiger partial charge in [0.2, 0.25) is 15.9 Å². The number of carbonyl (C=O) groups excluding carboxylic acids is 1. The average molecular weight is 410 g/mol. The molecule has 0 atom stereocenters. The first-order valence-electron chi connectivity index (χ1n) is 10.1. The van der Waals surface area contributed by atoms with Crippen LogP contribution in [0.15, 0.2) is 4.90 Å². The lowest BCUT2D eigenvalue weighted by Crippen LogP contribution is -2.37. The molecule has 1 aromatic carbocycles. The fraction of sp³-hybridized carbons (Fsp3) is 0.667. The minimum Gasteiger partial charge on any atom is -0.344 e. The predicted molar refractivity (Wildman–Crippen MR) is 113 cm³/mol. The van der Waals surface area contributed by atoms with Crippen molar-refractivity contribution in [1.82, 2.24) is 14.5 Å². The van der Waals surface area contributed by atoms with Gasteiger partial charge in [-0.05, 0) is 88.4 Å². The van der Waals surface area contributed by atoms with E-state index < -0.39 is 10.0 Å². The molecule has 0 spiro atoms. The Labute approximate surface area is 170 Å². The van der Waals surface area contributed by atoms with E-state index in [1.165, 1.54) is 12.8 Å². The van der Waals surface area contributed by atoms with Crippen LogP contribution in [-0.2, 0) is 14.8 Å². The SMILES string of the molecule is Cc1c(C)c(C)c(S(=O)(=O)NCCC(=O)N(C)CCN2CCCC2)c(C)c1C. The van der Waals surface area contributed by atoms with Gasteiger partial charge in [-0.2, -0.15) is 0 Å². The van der Waals surface area contributed by atoms with Gasteiger partial charge in [-0.3, -0.25) is 4.79 Å². The van der Waals surface area contributed by atoms with Gasteiger partial charge in [-0.1, -0.05) is 0 Å². The number of nitrogens with zero attached hydrogens (tertiary/aromatic N) is 2. The van der Waals surface area contributed by atoms with Gasteiger partial charge in [-0.25, -0.2) is 13.1 Å². The highest BCUT2D eigenvalue weighted by Crippen LogP contribution is 2.29. The van der Waals surface area contributed by atoms with Crippen molar-refractivity contribution in [2.24, 2.45) is 0 Å². The van der Waals surface area contributed by atoms with Crippen LogP contribution in [0.4, 0.5) is 0 Å². The van der Waals surface area contributed by atoms with E-state index >= 15 is 0 Å². The summed E-state index contributed by atoms with van der Waals surface area (Å²) in [7, 11) is -1.87. The maximum absolute atomic E-state index is 12.9. The molecule has 0 bridgehead atoms. The average Bonchev–Trinajstić information content (AvgIpc) is 3.16. The molecule has 1 aliphatic heterocycles. The Morgan fingerprint density at radius 3 is 2.00 bits per heavy atom. The highest BCUT2D eigenvalue weighted by atomic mass is 32.2. The molecule has 28 heavy (non-hydrogen) atoms. The lowest BCUT2D eigenvalue weighted by Gasteiger charge is -2.22. The quantitative estimate of drug-likeness (QED) is 0.716. The van der Waals surface area contributed by atoms with E-state index in [-0.39, 0.29) is 18.9 Å². The number of carbonyl (C=O) groups is 1. The summed E-state index contributed by atoms with van der Waals surface area (Å²) in [5.41, 5.74) is 4.69. The topological polar surface area (TPSA) is 69.7 Å². The largest absolute Gasteiger partial charge is 0.344 e. The smallest absolute Gasteiger partial charge is 0.241 e. The van der Waals surface area contributed by atoms with Crippen LogP contribution in [0.3, 0.4) is 0 Å². The van der Waals surface area contributed by atoms with E-state index in [2.05, 4.69) is 9.62 Å². The number of hydrogen-bond donors (Lipinski definition) is 1. The Morgan fingerprint density at radius 1 is 0.964 bits per heavy atom. The number of amides is 1. The van der Waals surface area contributed by atoms with Crippen molar-refractivity contribution < 1.29 is 13.2 Å². The summed E-state index contributed by atoms with van der Waals surface area (Å²) in [5, 5.41) is 0. The van der Waals surface area contributed by atoms with Crippen LogP contribution < -0.4 is 4.72 Å². The number of nitrogens with one attached hydrogen (secondary N) is 1. The molecule has 7 heteroatoms. The molecule has 158 valence electrons. The molecule has 0 aliphatic carbocycles. The summed E-state index contributed by atoms with van der Waals surface area (Å²) in [6.45, 7) is 13.5. The number of sulfonamides is 1. The monoisotopic (exact) mass is 409 g/mol. The Morgan fingerprint density at radius 2 is 1.46 bits per heavy atom. The third-order valence-corrected chi connectivity index (χ3v) is 7.94. The van der Waals surface area contributed by atoms with Crippen molar-refractivity contribution in [3.05, 3.63) is 27.8 Å². The van der Waals surface area contributed by atoms with E-state index in [4.69, 9.17) is 0 Å². The highest BCUT2D eigenvalue weighted by Gasteiger charge is 2.24. The first-order valence-corrected chi connectivity index (χ1v) is 11.6. The number of benzene rings is 1. The Kier molecular flexibility index (Phi) is 7.65. The molecule has 6 nitrogen and oxygen atoms in total. The lowest BCUT2D eigenvalue weighted by molar-refractivity contribution is -0.129. The first-order chi connectivity index (χ1) is 13.1. The standard InChI is InChI=1S/C21H35N3O3S/c1-15-16(2)18(4)21(19(5)17(15)3)28(26,27)22-10-9-20(25)23(6)13-14-24-11-7-8-12-24/h22H,7-14H2,1-6H3. The Bertz CT molecular complexity index is 799. The number of rotatable bonds is 8. The molecule has 0 aromatic heterocycles. The number of likely N-dealkylation sites (tertiary alicyclic amines) is 1. The zero-order valence-electron chi connectivity index (χ0n) is 18.2. The molecule has 0 saturated carbocycles. The second kappa shape index (κ2) is 9.37. The minimum atomic E-state index is -3.66. The normalized spacial score (nSPS) is 15.2. The third kappa shape index (κ3) is 5.13. The molecule has 2 rings (SSSR count). The Balaban J connectivity index is 1.95. The zero-order valence-corrected chi connectivity index (χ0v) is 19.0. The van der Waals surface area contributed by atoms with Gasteiger partial charge in [0, 0.05) is 33.1 Å². The zero-order chi connectivity index (χ0) is 21.1. The van der Waals surface area contributed by atoms with Crippen molar-refractivity contribution in [3.63, 3.8) is 0 Å². The molecule has 1 N–H and O–H groups in total. The molecule has 1 aromatic rings. The maximum atomic E-state index is 12.9. The summed E-state index contributed by atoms with van der Waals surface area (Å²) in [6, 6.07) is 0. The van der Waals surface area contributed by atoms with Gasteiger partial charge in [0.1, 0.15) is 0 Å². The molecule has 1 amide bonds. The van der Waals surface area contributed by atoms with Crippen molar-refractivity contribution >= 4 is 15.9 Å². The Hall–Kier alpha value is -1.44. The van der Waals surface area contributed by atoms with Gasteiger partial charge in [0.05, 0.1) is 4.90 Å². The molecule has 1 heterocycles. The summed E-state index contributed by atoms with van der Waals surface area (Å²) in [4.78, 5) is 16.7. The van der Waals surface area contributed by atoms with E-state index in [1.807, 2.05) is 34.6 Å². The van der Waals surface area contributed by atoms with Gasteiger partial charge in [0.25, 0.3) is 0 Å². The number of hydrogen-bond acceptors (Lipinski definition) is 4. The van der Waals surface area contributed by atoms with Crippen LogP contribution in [0.5, 0.6) is 0 Å². The van der Waals surface area contributed by atoms with E-state index in [9.17, 15) is 13.2 Å². The highest BCUT2D eigenvalue weighted by molar-refractivity contribution is 7.89. The summed E-state index contributed by atoms with van der Waals surface area (Å²) < 4.78 is 28.4. The van der Waals surface area contributed by atoms with Crippen LogP contribution in [0.1, 0.15) is 47.1 Å². The fourth-order valence-corrected chi connectivity index (χ4v) is 5.47. The van der Waals surface area contributed by atoms with Gasteiger partial charge in [-0.15, -0.1) is 0 Å². The van der Waals surface area contributed by atoms with Crippen molar-refractivity contribution in [1.29, 1.82) is 0 Å². The predicted octanol–water partition coefficient (Wildman–Crippen LogP) is 2.45. The minimum absolute atomic E-state index is 0.0355. The second-order valence-corrected chi connectivity index (χ2v) is 9.67. The summed E-state index contributed by atoms with van der Waals surface area (Å²) in [6.07, 6.45) is 2.63. The molecule has 1 aliphatic rings.